The second kappa shape index (κ2) is 6.06. The van der Waals surface area contributed by atoms with E-state index in [-0.39, 0.29) is 6.10 Å². The Labute approximate surface area is 136 Å². The highest BCUT2D eigenvalue weighted by Gasteiger charge is 2.40. The number of hydrogen-bond donors (Lipinski definition) is 1. The van der Waals surface area contributed by atoms with E-state index in [0.717, 1.165) is 44.3 Å². The number of aromatic nitrogens is 2. The predicted molar refractivity (Wildman–Crippen MR) is 86.9 cm³/mol. The number of benzene rings is 1. The number of fused-ring (bicyclic) bond motifs is 3. The quantitative estimate of drug-likeness (QED) is 0.939. The van der Waals surface area contributed by atoms with E-state index in [2.05, 4.69) is 27.2 Å². The summed E-state index contributed by atoms with van der Waals surface area (Å²) >= 11 is 0. The van der Waals surface area contributed by atoms with Gasteiger partial charge in [-0.05, 0) is 50.3 Å². The van der Waals surface area contributed by atoms with Crippen molar-refractivity contribution in [3.05, 3.63) is 35.7 Å². The number of hydrogen-bond acceptors (Lipinski definition) is 5. The first-order valence-electron chi connectivity index (χ1n) is 8.52. The highest BCUT2D eigenvalue weighted by molar-refractivity contribution is 5.54. The molecule has 1 N–H and O–H groups in total. The number of aliphatic hydroxyl groups is 1. The predicted octanol–water partition coefficient (Wildman–Crippen LogP) is 2.43. The summed E-state index contributed by atoms with van der Waals surface area (Å²) in [5.74, 6) is 1.74. The van der Waals surface area contributed by atoms with Crippen molar-refractivity contribution in [1.82, 2.24) is 15.0 Å². The first-order chi connectivity index (χ1) is 11.2. The van der Waals surface area contributed by atoms with Crippen LogP contribution in [0.2, 0.25) is 0 Å². The molecule has 0 aliphatic carbocycles. The van der Waals surface area contributed by atoms with Crippen molar-refractivity contribution in [1.29, 1.82) is 0 Å². The summed E-state index contributed by atoms with van der Waals surface area (Å²) in [7, 11) is 0. The lowest BCUT2D eigenvalue weighted by atomic mass is 9.79. The minimum absolute atomic E-state index is 0.140. The van der Waals surface area contributed by atoms with E-state index in [0.29, 0.717) is 23.7 Å². The van der Waals surface area contributed by atoms with Gasteiger partial charge in [0.05, 0.1) is 6.10 Å². The SMILES string of the molecule is Cc1nc(-c2ccc(CCC3C(O)C4CCN3CC4)cc2)no1. The zero-order valence-corrected chi connectivity index (χ0v) is 13.5. The van der Waals surface area contributed by atoms with Gasteiger partial charge in [-0.15, -0.1) is 0 Å². The largest absolute Gasteiger partial charge is 0.391 e. The van der Waals surface area contributed by atoms with E-state index >= 15 is 0 Å². The van der Waals surface area contributed by atoms with Crippen LogP contribution >= 0.6 is 0 Å². The first-order valence-corrected chi connectivity index (χ1v) is 8.52. The van der Waals surface area contributed by atoms with Gasteiger partial charge in [-0.3, -0.25) is 4.90 Å². The molecule has 0 spiro atoms. The lowest BCUT2D eigenvalue weighted by Gasteiger charge is -2.49. The molecule has 1 aromatic heterocycles. The molecule has 1 aromatic carbocycles. The summed E-state index contributed by atoms with van der Waals surface area (Å²) in [4.78, 5) is 6.72. The highest BCUT2D eigenvalue weighted by atomic mass is 16.5. The monoisotopic (exact) mass is 313 g/mol. The standard InChI is InChI=1S/C18H23N3O2/c1-12-19-18(20-23-12)15-5-2-13(3-6-15)4-7-16-17(22)14-8-10-21(16)11-9-14/h2-3,5-6,14,16-17,22H,4,7-11H2,1H3. The second-order valence-electron chi connectivity index (χ2n) is 6.80. The first kappa shape index (κ1) is 14.8. The maximum absolute atomic E-state index is 10.5. The van der Waals surface area contributed by atoms with Crippen LogP contribution in [0.4, 0.5) is 0 Å². The Kier molecular flexibility index (Phi) is 3.91. The van der Waals surface area contributed by atoms with Gasteiger partial charge in [0.15, 0.2) is 0 Å². The number of aryl methyl sites for hydroxylation is 2. The van der Waals surface area contributed by atoms with E-state index in [1.807, 2.05) is 12.1 Å². The molecular weight excluding hydrogens is 290 g/mol. The summed E-state index contributed by atoms with van der Waals surface area (Å²) in [6.07, 6.45) is 4.21. The zero-order chi connectivity index (χ0) is 15.8. The summed E-state index contributed by atoms with van der Waals surface area (Å²) in [6.45, 7) is 4.11. The van der Waals surface area contributed by atoms with Crippen LogP contribution in [-0.2, 0) is 6.42 Å². The van der Waals surface area contributed by atoms with Crippen LogP contribution in [0.5, 0.6) is 0 Å². The fraction of sp³-hybridized carbons (Fsp3) is 0.556. The van der Waals surface area contributed by atoms with Crippen molar-refractivity contribution in [3.63, 3.8) is 0 Å². The molecule has 2 atom stereocenters. The molecule has 3 aliphatic heterocycles. The van der Waals surface area contributed by atoms with Crippen LogP contribution in [0.15, 0.2) is 28.8 Å². The minimum Gasteiger partial charge on any atom is -0.391 e. The van der Waals surface area contributed by atoms with Gasteiger partial charge in [-0.2, -0.15) is 4.98 Å². The maximum Gasteiger partial charge on any atom is 0.223 e. The Morgan fingerprint density at radius 3 is 2.57 bits per heavy atom. The van der Waals surface area contributed by atoms with Crippen LogP contribution < -0.4 is 0 Å². The molecule has 3 saturated heterocycles. The third kappa shape index (κ3) is 2.91. The molecule has 0 radical (unpaired) electrons. The third-order valence-corrected chi connectivity index (χ3v) is 5.39. The number of aliphatic hydroxyl groups excluding tert-OH is 1. The molecule has 4 heterocycles. The Bertz CT molecular complexity index is 657. The van der Waals surface area contributed by atoms with Crippen molar-refractivity contribution in [3.8, 4) is 11.4 Å². The Morgan fingerprint density at radius 2 is 1.96 bits per heavy atom. The smallest absolute Gasteiger partial charge is 0.223 e. The fourth-order valence-electron chi connectivity index (χ4n) is 4.03. The Morgan fingerprint density at radius 1 is 1.22 bits per heavy atom. The second-order valence-corrected chi connectivity index (χ2v) is 6.80. The third-order valence-electron chi connectivity index (χ3n) is 5.39. The van der Waals surface area contributed by atoms with Gasteiger partial charge in [0.25, 0.3) is 0 Å². The van der Waals surface area contributed by atoms with E-state index in [1.165, 1.54) is 5.56 Å². The van der Waals surface area contributed by atoms with Crippen LogP contribution in [0.3, 0.4) is 0 Å². The molecule has 122 valence electrons. The van der Waals surface area contributed by atoms with Crippen LogP contribution in [0, 0.1) is 12.8 Å². The molecule has 0 saturated carbocycles. The van der Waals surface area contributed by atoms with Crippen molar-refractivity contribution in [2.75, 3.05) is 13.1 Å². The minimum atomic E-state index is -0.140. The van der Waals surface area contributed by atoms with Gasteiger partial charge in [0.1, 0.15) is 0 Å². The van der Waals surface area contributed by atoms with E-state index in [1.54, 1.807) is 6.92 Å². The van der Waals surface area contributed by atoms with Crippen LogP contribution in [0.25, 0.3) is 11.4 Å². The molecule has 2 unspecified atom stereocenters. The van der Waals surface area contributed by atoms with Crippen molar-refractivity contribution in [2.45, 2.75) is 44.8 Å². The van der Waals surface area contributed by atoms with Gasteiger partial charge in [-0.25, -0.2) is 0 Å². The number of piperidine rings is 3. The maximum atomic E-state index is 10.5. The van der Waals surface area contributed by atoms with Gasteiger partial charge >= 0.3 is 0 Å². The molecule has 3 fully saturated rings. The molecule has 2 bridgehead atoms. The average Bonchev–Trinajstić information content (AvgIpc) is 3.02. The Hall–Kier alpha value is -1.72. The molecular formula is C18H23N3O2. The normalized spacial score (nSPS) is 29.8. The summed E-state index contributed by atoms with van der Waals surface area (Å²) in [6, 6.07) is 8.68. The van der Waals surface area contributed by atoms with Crippen LogP contribution in [-0.4, -0.2) is 45.4 Å². The highest BCUT2D eigenvalue weighted by Crippen LogP contribution is 2.34. The molecule has 2 aromatic rings. The van der Waals surface area contributed by atoms with Gasteiger partial charge < -0.3 is 9.63 Å². The van der Waals surface area contributed by atoms with E-state index < -0.39 is 0 Å². The lowest BCUT2D eigenvalue weighted by Crippen LogP contribution is -2.57. The molecule has 23 heavy (non-hydrogen) atoms. The van der Waals surface area contributed by atoms with Crippen LogP contribution in [0.1, 0.15) is 30.7 Å². The van der Waals surface area contributed by atoms with Gasteiger partial charge in [-0.1, -0.05) is 29.4 Å². The fourth-order valence-corrected chi connectivity index (χ4v) is 4.03. The molecule has 0 amide bonds. The van der Waals surface area contributed by atoms with Crippen molar-refractivity contribution >= 4 is 0 Å². The zero-order valence-electron chi connectivity index (χ0n) is 13.5. The van der Waals surface area contributed by atoms with E-state index in [9.17, 15) is 5.11 Å². The van der Waals surface area contributed by atoms with E-state index in [4.69, 9.17) is 4.52 Å². The summed E-state index contributed by atoms with van der Waals surface area (Å²) in [5.41, 5.74) is 2.27. The molecule has 5 rings (SSSR count). The number of nitrogens with zero attached hydrogens (tertiary/aromatic N) is 3. The molecule has 5 nitrogen and oxygen atoms in total. The van der Waals surface area contributed by atoms with Gasteiger partial charge in [0, 0.05) is 18.5 Å². The average molecular weight is 313 g/mol. The molecule has 5 heteroatoms. The molecule has 3 aliphatic rings. The Balaban J connectivity index is 1.40. The lowest BCUT2D eigenvalue weighted by molar-refractivity contribution is -0.0744. The number of rotatable bonds is 4. The van der Waals surface area contributed by atoms with Crippen molar-refractivity contribution < 1.29 is 9.63 Å². The summed E-state index contributed by atoms with van der Waals surface area (Å²) < 4.78 is 5.02. The topological polar surface area (TPSA) is 62.4 Å². The van der Waals surface area contributed by atoms with Gasteiger partial charge in [0.2, 0.25) is 11.7 Å². The summed E-state index contributed by atoms with van der Waals surface area (Å²) in [5, 5.41) is 14.4. The van der Waals surface area contributed by atoms with Crippen molar-refractivity contribution in [2.24, 2.45) is 5.92 Å².